The lowest BCUT2D eigenvalue weighted by atomic mass is 10.2. The lowest BCUT2D eigenvalue weighted by Gasteiger charge is -2.26. The van der Waals surface area contributed by atoms with Crippen molar-refractivity contribution in [2.24, 2.45) is 0 Å². The lowest BCUT2D eigenvalue weighted by molar-refractivity contribution is -0.149. The Morgan fingerprint density at radius 1 is 1.07 bits per heavy atom. The molecule has 3 N–H and O–H groups in total. The summed E-state index contributed by atoms with van der Waals surface area (Å²) in [6.45, 7) is 8.84. The molecule has 2 heterocycles. The molecule has 0 unspecified atom stereocenters. The summed E-state index contributed by atoms with van der Waals surface area (Å²) in [5.41, 5.74) is 7.11. The number of benzene rings is 2. The van der Waals surface area contributed by atoms with E-state index in [-0.39, 0.29) is 24.7 Å². The highest BCUT2D eigenvalue weighted by Gasteiger charge is 2.36. The number of carbonyl (C=O) groups excluding carboxylic acids is 1. The molecule has 4 aromatic rings. The van der Waals surface area contributed by atoms with E-state index >= 15 is 0 Å². The van der Waals surface area contributed by atoms with Gasteiger partial charge in [0.1, 0.15) is 29.7 Å². The van der Waals surface area contributed by atoms with Crippen LogP contribution in [0.5, 0.6) is 5.75 Å². The number of esters is 1. The van der Waals surface area contributed by atoms with Crippen molar-refractivity contribution < 1.29 is 41.1 Å². The molecule has 44 heavy (non-hydrogen) atoms. The molecule has 4 rings (SSSR count). The number of imidazole rings is 1. The van der Waals surface area contributed by atoms with Crippen LogP contribution in [0.3, 0.4) is 0 Å². The Hall–Kier alpha value is -3.71. The van der Waals surface area contributed by atoms with Crippen LogP contribution in [0.4, 0.5) is 19.0 Å². The number of nitrogens with zero attached hydrogens (tertiary/aromatic N) is 3. The number of rotatable bonds is 13. The zero-order valence-corrected chi connectivity index (χ0v) is 25.8. The van der Waals surface area contributed by atoms with Gasteiger partial charge in [0.25, 0.3) is 0 Å². The first-order chi connectivity index (χ1) is 20.7. The summed E-state index contributed by atoms with van der Waals surface area (Å²) >= 11 is 0. The molecular formula is C29H35F3N5O6P. The Bertz CT molecular complexity index is 1660. The molecule has 0 aliphatic rings. The maximum absolute atomic E-state index is 14.1. The van der Waals surface area contributed by atoms with Gasteiger partial charge < -0.3 is 24.3 Å². The summed E-state index contributed by atoms with van der Waals surface area (Å²) in [6.07, 6.45) is -5.88. The topological polar surface area (TPSA) is 140 Å². The molecule has 0 amide bonds. The normalized spacial score (nSPS) is 14.9. The molecule has 0 aliphatic heterocycles. The highest BCUT2D eigenvalue weighted by atomic mass is 31.2. The minimum atomic E-state index is -4.57. The van der Waals surface area contributed by atoms with Crippen molar-refractivity contribution >= 4 is 41.5 Å². The molecule has 0 saturated carbocycles. The van der Waals surface area contributed by atoms with Crippen molar-refractivity contribution in [3.8, 4) is 5.75 Å². The van der Waals surface area contributed by atoms with Crippen LogP contribution in [0.2, 0.25) is 0 Å². The molecule has 2 aromatic carbocycles. The van der Waals surface area contributed by atoms with Gasteiger partial charge in [0.2, 0.25) is 0 Å². The van der Waals surface area contributed by atoms with Gasteiger partial charge in [0.15, 0.2) is 5.82 Å². The summed E-state index contributed by atoms with van der Waals surface area (Å²) in [4.78, 5) is 21.7. The molecule has 15 heteroatoms. The number of fused-ring (bicyclic) bond motifs is 3. The van der Waals surface area contributed by atoms with Crippen LogP contribution in [0.1, 0.15) is 46.0 Å². The van der Waals surface area contributed by atoms with Crippen molar-refractivity contribution in [2.45, 2.75) is 72.2 Å². The summed E-state index contributed by atoms with van der Waals surface area (Å²) in [7, 11) is -4.41. The van der Waals surface area contributed by atoms with E-state index in [9.17, 15) is 22.5 Å². The number of aromatic nitrogens is 3. The van der Waals surface area contributed by atoms with E-state index < -0.39 is 43.7 Å². The first kappa shape index (κ1) is 33.2. The van der Waals surface area contributed by atoms with Crippen LogP contribution in [0.25, 0.3) is 21.9 Å². The van der Waals surface area contributed by atoms with Crippen LogP contribution in [-0.4, -0.2) is 45.4 Å². The number of nitrogens with two attached hydrogens (primary N) is 1. The second-order valence-corrected chi connectivity index (χ2v) is 12.0. The third-order valence-corrected chi connectivity index (χ3v) is 8.14. The largest absolute Gasteiger partial charge is 0.462 e. The molecule has 11 nitrogen and oxygen atoms in total. The minimum absolute atomic E-state index is 0.0826. The number of hydrogen-bond acceptors (Lipinski definition) is 9. The van der Waals surface area contributed by atoms with Gasteiger partial charge in [-0.15, -0.1) is 0 Å². The van der Waals surface area contributed by atoms with Gasteiger partial charge in [-0.3, -0.25) is 9.32 Å². The molecule has 2 aromatic heterocycles. The Morgan fingerprint density at radius 2 is 1.75 bits per heavy atom. The van der Waals surface area contributed by atoms with Crippen molar-refractivity contribution in [1.29, 1.82) is 0 Å². The number of para-hydroxylation sites is 1. The van der Waals surface area contributed by atoms with E-state index in [1.165, 1.54) is 6.92 Å². The predicted octanol–water partition coefficient (Wildman–Crippen LogP) is 6.24. The Kier molecular flexibility index (Phi) is 10.2. The molecule has 0 saturated heterocycles. The van der Waals surface area contributed by atoms with Crippen molar-refractivity contribution in [3.05, 3.63) is 59.9 Å². The number of alkyl halides is 3. The van der Waals surface area contributed by atoms with Crippen LogP contribution in [0.15, 0.2) is 48.5 Å². The third kappa shape index (κ3) is 7.86. The smallest absolute Gasteiger partial charge is 0.459 e. The third-order valence-electron chi connectivity index (χ3n) is 6.35. The summed E-state index contributed by atoms with van der Waals surface area (Å²) in [6, 6.07) is 9.86. The summed E-state index contributed by atoms with van der Waals surface area (Å²) < 4.78 is 77.7. The average Bonchev–Trinajstić information content (AvgIpc) is 3.29. The molecule has 0 bridgehead atoms. The highest BCUT2D eigenvalue weighted by Crippen LogP contribution is 2.47. The van der Waals surface area contributed by atoms with E-state index in [0.717, 1.165) is 29.7 Å². The van der Waals surface area contributed by atoms with E-state index in [1.54, 1.807) is 20.8 Å². The van der Waals surface area contributed by atoms with Crippen LogP contribution in [-0.2, 0) is 42.7 Å². The number of carbonyl (C=O) groups is 1. The predicted molar refractivity (Wildman–Crippen MR) is 159 cm³/mol. The van der Waals surface area contributed by atoms with Gasteiger partial charge >= 0.3 is 19.9 Å². The maximum atomic E-state index is 14.1. The molecular weight excluding hydrogens is 602 g/mol. The zero-order chi connectivity index (χ0) is 32.2. The Balaban J connectivity index is 1.69. The van der Waals surface area contributed by atoms with Gasteiger partial charge in [-0.25, -0.2) is 14.5 Å². The van der Waals surface area contributed by atoms with Crippen molar-refractivity contribution in [3.63, 3.8) is 0 Å². The zero-order valence-electron chi connectivity index (χ0n) is 24.9. The molecule has 3 atom stereocenters. The molecule has 0 aliphatic carbocycles. The number of nitrogen functional groups attached to an aromatic ring is 1. The number of halogens is 3. The van der Waals surface area contributed by atoms with Crippen LogP contribution >= 0.6 is 7.75 Å². The SMILES string of the molecule is CCOCc1nc2c(N)nc3ccccc3c2n1C[C@H](C)O[P@@](=O)(N[C@@H](C)C(=O)OC(C)C)Oc1ccc(C(F)(F)F)cc1. The Labute approximate surface area is 252 Å². The fourth-order valence-corrected chi connectivity index (χ4v) is 6.15. The average molecular weight is 638 g/mol. The highest BCUT2D eigenvalue weighted by molar-refractivity contribution is 7.52. The Morgan fingerprint density at radius 3 is 2.39 bits per heavy atom. The molecule has 0 radical (unpaired) electrons. The van der Waals surface area contributed by atoms with Crippen molar-refractivity contribution in [2.75, 3.05) is 12.3 Å². The molecule has 238 valence electrons. The number of anilines is 1. The number of pyridine rings is 1. The van der Waals surface area contributed by atoms with Crippen LogP contribution < -0.4 is 15.3 Å². The second kappa shape index (κ2) is 13.5. The maximum Gasteiger partial charge on any atom is 0.459 e. The van der Waals surface area contributed by atoms with Gasteiger partial charge in [-0.05, 0) is 65.0 Å². The number of hydrogen-bond donors (Lipinski definition) is 2. The fraction of sp³-hybridized carbons (Fsp3) is 0.414. The number of ether oxygens (including phenoxy) is 2. The summed E-state index contributed by atoms with van der Waals surface area (Å²) in [5, 5.41) is 3.33. The van der Waals surface area contributed by atoms with Crippen LogP contribution in [0, 0.1) is 0 Å². The van der Waals surface area contributed by atoms with Crippen molar-refractivity contribution in [1.82, 2.24) is 19.6 Å². The first-order valence-electron chi connectivity index (χ1n) is 14.0. The fourth-order valence-electron chi connectivity index (χ4n) is 4.48. The monoisotopic (exact) mass is 637 g/mol. The molecule has 0 spiro atoms. The van der Waals surface area contributed by atoms with Gasteiger partial charge in [-0.2, -0.15) is 18.3 Å². The number of nitrogens with one attached hydrogen (secondary N) is 1. The lowest BCUT2D eigenvalue weighted by Crippen LogP contribution is -2.37. The van der Waals surface area contributed by atoms with E-state index in [4.69, 9.17) is 24.3 Å². The minimum Gasteiger partial charge on any atom is -0.462 e. The van der Waals surface area contributed by atoms with E-state index in [2.05, 4.69) is 15.1 Å². The quantitative estimate of drug-likeness (QED) is 0.128. The van der Waals surface area contributed by atoms with Gasteiger partial charge in [-0.1, -0.05) is 18.2 Å². The van der Waals surface area contributed by atoms with Gasteiger partial charge in [0, 0.05) is 12.0 Å². The molecule has 0 fully saturated rings. The van der Waals surface area contributed by atoms with E-state index in [0.29, 0.717) is 29.0 Å². The standard InChI is InChI=1S/C29H35F3N5O6P/c1-6-40-16-24-35-25-26(22-9-7-8-10-23(22)34-27(25)33)37(24)15-18(4)42-44(39,36-19(5)28(38)41-17(2)3)43-21-13-11-20(12-14-21)29(30,31)32/h7-14,17-19H,6,15-16H2,1-5H3,(H2,33,34)(H,36,39)/t18-,19-,44-/m0/s1. The summed E-state index contributed by atoms with van der Waals surface area (Å²) in [5.74, 6) is -0.149. The first-order valence-corrected chi connectivity index (χ1v) is 15.5. The second-order valence-electron chi connectivity index (χ2n) is 10.4. The van der Waals surface area contributed by atoms with E-state index in [1.807, 2.05) is 35.8 Å². The van der Waals surface area contributed by atoms with Gasteiger partial charge in [0.05, 0.1) is 35.3 Å².